The Balaban J connectivity index is 1.59. The number of nitrogens with zero attached hydrogens (tertiary/aromatic N) is 3. The van der Waals surface area contributed by atoms with E-state index in [9.17, 15) is 9.18 Å². The van der Waals surface area contributed by atoms with Crippen LogP contribution in [0, 0.1) is 5.82 Å². The van der Waals surface area contributed by atoms with Crippen LogP contribution in [0.1, 0.15) is 23.7 Å². The quantitative estimate of drug-likeness (QED) is 0.356. The van der Waals surface area contributed by atoms with Crippen molar-refractivity contribution in [3.63, 3.8) is 0 Å². The highest BCUT2D eigenvalue weighted by Gasteiger charge is 2.31. The molecule has 34 heavy (non-hydrogen) atoms. The normalized spacial score (nSPS) is 13.9. The summed E-state index contributed by atoms with van der Waals surface area (Å²) in [5, 5.41) is 11.7. The minimum absolute atomic E-state index is 0.0900. The number of carbonyl (C=O) groups excluding carboxylic acids is 1. The molecule has 0 unspecified atom stereocenters. The van der Waals surface area contributed by atoms with Crippen molar-refractivity contribution in [2.45, 2.75) is 29.3 Å². The topological polar surface area (TPSA) is 69.0 Å². The second-order valence-electron chi connectivity index (χ2n) is 8.01. The number of amides is 1. The number of carbonyl (C=O) groups is 1. The molecule has 0 aliphatic heterocycles. The van der Waals surface area contributed by atoms with Crippen LogP contribution in [0.25, 0.3) is 17.1 Å². The molecule has 1 N–H and O–H groups in total. The Morgan fingerprint density at radius 2 is 1.74 bits per heavy atom. The highest BCUT2D eigenvalue weighted by Crippen LogP contribution is 2.38. The third-order valence-electron chi connectivity index (χ3n) is 5.56. The zero-order chi connectivity index (χ0) is 23.5. The lowest BCUT2D eigenvalue weighted by Gasteiger charge is -2.18. The van der Waals surface area contributed by atoms with E-state index in [1.165, 1.54) is 17.8 Å². The summed E-state index contributed by atoms with van der Waals surface area (Å²) in [5.74, 6) is 0.686. The molecule has 1 amide bonds. The summed E-state index contributed by atoms with van der Waals surface area (Å²) >= 11 is 1.26. The molecule has 172 valence electrons. The fourth-order valence-electron chi connectivity index (χ4n) is 3.63. The molecular formula is C26H23FN4O2S. The Labute approximate surface area is 201 Å². The van der Waals surface area contributed by atoms with E-state index in [2.05, 4.69) is 15.5 Å². The number of aromatic nitrogens is 3. The Hall–Kier alpha value is -3.65. The second kappa shape index (κ2) is 9.69. The van der Waals surface area contributed by atoms with Crippen LogP contribution in [0.4, 0.5) is 4.39 Å². The van der Waals surface area contributed by atoms with Gasteiger partial charge in [-0.1, -0.05) is 54.2 Å². The van der Waals surface area contributed by atoms with E-state index in [-0.39, 0.29) is 11.9 Å². The van der Waals surface area contributed by atoms with Crippen LogP contribution in [0.15, 0.2) is 84.0 Å². The Kier molecular flexibility index (Phi) is 6.31. The zero-order valence-electron chi connectivity index (χ0n) is 18.5. The standard InChI is InChI=1S/C26H23FN4O2S/c1-33-20-15-11-18(12-16-20)24-29-30-26(31(24)22-10-6-5-9-21(22)27)34-23(17-7-3-2-4-8-17)25(32)28-19-13-14-19/h2-12,15-16,19,23H,13-14H2,1H3,(H,28,32)/t23-/m0/s1. The first-order chi connectivity index (χ1) is 16.6. The average Bonchev–Trinajstić information content (AvgIpc) is 3.59. The van der Waals surface area contributed by atoms with Gasteiger partial charge >= 0.3 is 0 Å². The molecule has 1 aliphatic carbocycles. The van der Waals surface area contributed by atoms with Crippen molar-refractivity contribution in [3.05, 3.63) is 90.2 Å². The summed E-state index contributed by atoms with van der Waals surface area (Å²) in [4.78, 5) is 13.2. The molecular weight excluding hydrogens is 451 g/mol. The van der Waals surface area contributed by atoms with E-state index in [4.69, 9.17) is 4.74 Å². The fraction of sp³-hybridized carbons (Fsp3) is 0.192. The van der Waals surface area contributed by atoms with Crippen LogP contribution in [0.2, 0.25) is 0 Å². The zero-order valence-corrected chi connectivity index (χ0v) is 19.3. The van der Waals surface area contributed by atoms with Crippen LogP contribution in [-0.4, -0.2) is 33.8 Å². The molecule has 1 atom stereocenters. The lowest BCUT2D eigenvalue weighted by atomic mass is 10.1. The molecule has 1 saturated carbocycles. The van der Waals surface area contributed by atoms with Crippen molar-refractivity contribution >= 4 is 17.7 Å². The van der Waals surface area contributed by atoms with Crippen LogP contribution >= 0.6 is 11.8 Å². The summed E-state index contributed by atoms with van der Waals surface area (Å²) < 4.78 is 21.9. The third kappa shape index (κ3) is 4.68. The summed E-state index contributed by atoms with van der Waals surface area (Å²) in [6.45, 7) is 0. The molecule has 1 heterocycles. The molecule has 0 bridgehead atoms. The van der Waals surface area contributed by atoms with Gasteiger partial charge in [-0.05, 0) is 54.8 Å². The van der Waals surface area contributed by atoms with Crippen molar-refractivity contribution in [2.75, 3.05) is 7.11 Å². The van der Waals surface area contributed by atoms with Gasteiger partial charge in [-0.2, -0.15) is 0 Å². The fourth-order valence-corrected chi connectivity index (χ4v) is 4.69. The van der Waals surface area contributed by atoms with Crippen molar-refractivity contribution in [2.24, 2.45) is 0 Å². The predicted octanol–water partition coefficient (Wildman–Crippen LogP) is 5.19. The monoisotopic (exact) mass is 474 g/mol. The molecule has 1 fully saturated rings. The summed E-state index contributed by atoms with van der Waals surface area (Å²) in [6, 6.07) is 23.6. The Morgan fingerprint density at radius 1 is 1.03 bits per heavy atom. The smallest absolute Gasteiger partial charge is 0.238 e. The first kappa shape index (κ1) is 22.2. The highest BCUT2D eigenvalue weighted by molar-refractivity contribution is 8.00. The van der Waals surface area contributed by atoms with Gasteiger partial charge in [0.2, 0.25) is 5.91 Å². The van der Waals surface area contributed by atoms with Crippen molar-refractivity contribution in [1.29, 1.82) is 0 Å². The van der Waals surface area contributed by atoms with Gasteiger partial charge in [-0.3, -0.25) is 9.36 Å². The van der Waals surface area contributed by atoms with Crippen molar-refractivity contribution in [3.8, 4) is 22.8 Å². The number of nitrogens with one attached hydrogen (secondary N) is 1. The van der Waals surface area contributed by atoms with E-state index in [0.29, 0.717) is 22.4 Å². The van der Waals surface area contributed by atoms with E-state index in [1.54, 1.807) is 29.9 Å². The van der Waals surface area contributed by atoms with Crippen molar-refractivity contribution < 1.29 is 13.9 Å². The lowest BCUT2D eigenvalue weighted by molar-refractivity contribution is -0.120. The number of methoxy groups -OCH3 is 1. The van der Waals surface area contributed by atoms with Crippen LogP contribution in [-0.2, 0) is 4.79 Å². The summed E-state index contributed by atoms with van der Waals surface area (Å²) in [7, 11) is 1.60. The maximum absolute atomic E-state index is 15.0. The molecule has 1 aromatic heterocycles. The summed E-state index contributed by atoms with van der Waals surface area (Å²) in [5.41, 5.74) is 1.91. The minimum atomic E-state index is -0.555. The predicted molar refractivity (Wildman–Crippen MR) is 130 cm³/mol. The molecule has 0 radical (unpaired) electrons. The van der Waals surface area contributed by atoms with Crippen LogP contribution in [0.3, 0.4) is 0 Å². The van der Waals surface area contributed by atoms with Gasteiger partial charge in [0.25, 0.3) is 0 Å². The number of hydrogen-bond donors (Lipinski definition) is 1. The van der Waals surface area contributed by atoms with Crippen LogP contribution < -0.4 is 10.1 Å². The maximum atomic E-state index is 15.0. The molecule has 3 aromatic carbocycles. The van der Waals surface area contributed by atoms with Gasteiger partial charge in [0.1, 0.15) is 16.8 Å². The molecule has 0 saturated heterocycles. The number of hydrogen-bond acceptors (Lipinski definition) is 5. The molecule has 6 nitrogen and oxygen atoms in total. The van der Waals surface area contributed by atoms with Gasteiger partial charge in [-0.25, -0.2) is 4.39 Å². The number of ether oxygens (including phenoxy) is 1. The van der Waals surface area contributed by atoms with E-state index in [1.807, 2.05) is 54.6 Å². The SMILES string of the molecule is COc1ccc(-c2nnc(S[C@H](C(=O)NC3CC3)c3ccccc3)n2-c2ccccc2F)cc1. The first-order valence-electron chi connectivity index (χ1n) is 11.0. The van der Waals surface area contributed by atoms with E-state index < -0.39 is 11.1 Å². The number of thioether (sulfide) groups is 1. The Bertz CT molecular complexity index is 1290. The number of benzene rings is 3. The van der Waals surface area contributed by atoms with Crippen LogP contribution in [0.5, 0.6) is 5.75 Å². The average molecular weight is 475 g/mol. The van der Waals surface area contributed by atoms with Gasteiger partial charge in [0, 0.05) is 11.6 Å². The second-order valence-corrected chi connectivity index (χ2v) is 9.09. The summed E-state index contributed by atoms with van der Waals surface area (Å²) in [6.07, 6.45) is 1.98. The molecule has 0 spiro atoms. The maximum Gasteiger partial charge on any atom is 0.238 e. The largest absolute Gasteiger partial charge is 0.497 e. The van der Waals surface area contributed by atoms with Gasteiger partial charge in [0.15, 0.2) is 11.0 Å². The van der Waals surface area contributed by atoms with E-state index >= 15 is 0 Å². The highest BCUT2D eigenvalue weighted by atomic mass is 32.2. The lowest BCUT2D eigenvalue weighted by Crippen LogP contribution is -2.30. The molecule has 5 rings (SSSR count). The molecule has 1 aliphatic rings. The minimum Gasteiger partial charge on any atom is -0.497 e. The molecule has 4 aromatic rings. The Morgan fingerprint density at radius 3 is 2.41 bits per heavy atom. The third-order valence-corrected chi connectivity index (χ3v) is 6.76. The number of rotatable bonds is 8. The first-order valence-corrected chi connectivity index (χ1v) is 11.9. The van der Waals surface area contributed by atoms with E-state index in [0.717, 1.165) is 24.0 Å². The number of para-hydroxylation sites is 1. The van der Waals surface area contributed by atoms with Gasteiger partial charge < -0.3 is 10.1 Å². The number of halogens is 1. The van der Waals surface area contributed by atoms with Gasteiger partial charge in [-0.15, -0.1) is 10.2 Å². The molecule has 8 heteroatoms. The van der Waals surface area contributed by atoms with Gasteiger partial charge in [0.05, 0.1) is 12.8 Å². The van der Waals surface area contributed by atoms with Crippen molar-refractivity contribution in [1.82, 2.24) is 20.1 Å².